The molecule has 0 unspecified atom stereocenters. The normalized spacial score (nSPS) is 9.42. The van der Waals surface area contributed by atoms with Gasteiger partial charge < -0.3 is 4.74 Å². The van der Waals surface area contributed by atoms with Gasteiger partial charge in [0.1, 0.15) is 19.0 Å². The molecule has 0 aliphatic carbocycles. The van der Waals surface area contributed by atoms with Gasteiger partial charge in [0.2, 0.25) is 0 Å². The molecule has 0 aromatic heterocycles. The van der Waals surface area contributed by atoms with E-state index in [-0.39, 0.29) is 6.61 Å². The Bertz CT molecular complexity index is 241. The minimum atomic E-state index is -0.455. The van der Waals surface area contributed by atoms with Crippen molar-refractivity contribution in [3.63, 3.8) is 0 Å². The van der Waals surface area contributed by atoms with Crippen LogP contribution in [-0.4, -0.2) is 13.3 Å². The van der Waals surface area contributed by atoms with Crippen LogP contribution in [0.2, 0.25) is 0 Å². The second-order valence-electron chi connectivity index (χ2n) is 2.31. The first kappa shape index (κ1) is 8.78. The zero-order chi connectivity index (χ0) is 8.81. The van der Waals surface area contributed by atoms with Gasteiger partial charge in [-0.25, -0.2) is 4.39 Å². The Kier molecular flexibility index (Phi) is 3.33. The fraction of sp³-hybridized carbons (Fsp3) is 0.200. The molecule has 0 bridgehead atoms. The lowest BCUT2D eigenvalue weighted by Gasteiger charge is -2.02. The standard InChI is InChI=1S/C10H11FO/c1-2-9-3-5-10(6-4-9)12-8-7-11/h2-6H,1,7-8H2. The molecule has 0 atom stereocenters. The van der Waals surface area contributed by atoms with Crippen molar-refractivity contribution in [3.8, 4) is 5.75 Å². The number of hydrogen-bond donors (Lipinski definition) is 0. The lowest BCUT2D eigenvalue weighted by molar-refractivity contribution is 0.273. The van der Waals surface area contributed by atoms with Gasteiger partial charge in [-0.2, -0.15) is 0 Å². The number of ether oxygens (including phenoxy) is 1. The van der Waals surface area contributed by atoms with Crippen LogP contribution >= 0.6 is 0 Å². The van der Waals surface area contributed by atoms with E-state index in [1.165, 1.54) is 0 Å². The van der Waals surface area contributed by atoms with Gasteiger partial charge in [0.25, 0.3) is 0 Å². The zero-order valence-electron chi connectivity index (χ0n) is 6.79. The van der Waals surface area contributed by atoms with Crippen LogP contribution in [0.3, 0.4) is 0 Å². The smallest absolute Gasteiger partial charge is 0.123 e. The Hall–Kier alpha value is -1.31. The molecule has 1 nitrogen and oxygen atoms in total. The highest BCUT2D eigenvalue weighted by Gasteiger charge is 1.91. The van der Waals surface area contributed by atoms with Crippen LogP contribution in [0.4, 0.5) is 4.39 Å². The SMILES string of the molecule is C=Cc1ccc(OCCF)cc1. The first-order valence-corrected chi connectivity index (χ1v) is 3.78. The Labute approximate surface area is 71.5 Å². The Balaban J connectivity index is 2.58. The number of halogens is 1. The number of hydrogen-bond acceptors (Lipinski definition) is 1. The van der Waals surface area contributed by atoms with Gasteiger partial charge in [-0.3, -0.25) is 0 Å². The van der Waals surface area contributed by atoms with Crippen molar-refractivity contribution < 1.29 is 9.13 Å². The van der Waals surface area contributed by atoms with Gasteiger partial charge in [-0.1, -0.05) is 24.8 Å². The maximum absolute atomic E-state index is 11.7. The summed E-state index contributed by atoms with van der Waals surface area (Å²) >= 11 is 0. The highest BCUT2D eigenvalue weighted by Crippen LogP contribution is 2.12. The summed E-state index contributed by atoms with van der Waals surface area (Å²) in [6.45, 7) is 3.29. The molecule has 1 aromatic rings. The van der Waals surface area contributed by atoms with Gasteiger partial charge in [-0.05, 0) is 17.7 Å². The summed E-state index contributed by atoms with van der Waals surface area (Å²) in [7, 11) is 0. The van der Waals surface area contributed by atoms with Crippen molar-refractivity contribution in [2.45, 2.75) is 0 Å². The number of alkyl halides is 1. The van der Waals surface area contributed by atoms with Crippen LogP contribution in [0, 0.1) is 0 Å². The first-order chi connectivity index (χ1) is 5.86. The van der Waals surface area contributed by atoms with E-state index < -0.39 is 6.67 Å². The van der Waals surface area contributed by atoms with E-state index in [0.29, 0.717) is 5.75 Å². The molecule has 2 heteroatoms. The summed E-state index contributed by atoms with van der Waals surface area (Å²) in [6, 6.07) is 7.35. The molecular weight excluding hydrogens is 155 g/mol. The van der Waals surface area contributed by atoms with Gasteiger partial charge in [0.15, 0.2) is 0 Å². The van der Waals surface area contributed by atoms with Gasteiger partial charge in [-0.15, -0.1) is 0 Å². The summed E-state index contributed by atoms with van der Waals surface area (Å²) in [4.78, 5) is 0. The van der Waals surface area contributed by atoms with Crippen molar-refractivity contribution in [2.75, 3.05) is 13.3 Å². The van der Waals surface area contributed by atoms with Crippen molar-refractivity contribution in [1.82, 2.24) is 0 Å². The summed E-state index contributed by atoms with van der Waals surface area (Å²) in [5.41, 5.74) is 1.03. The van der Waals surface area contributed by atoms with E-state index in [2.05, 4.69) is 6.58 Å². The number of rotatable bonds is 4. The second-order valence-corrected chi connectivity index (χ2v) is 2.31. The predicted octanol–water partition coefficient (Wildman–Crippen LogP) is 2.68. The van der Waals surface area contributed by atoms with Crippen molar-refractivity contribution in [2.24, 2.45) is 0 Å². The fourth-order valence-electron chi connectivity index (χ4n) is 0.857. The molecular formula is C10H11FO. The Morgan fingerprint density at radius 1 is 1.33 bits per heavy atom. The topological polar surface area (TPSA) is 9.23 Å². The van der Waals surface area contributed by atoms with Crippen LogP contribution in [0.1, 0.15) is 5.56 Å². The predicted molar refractivity (Wildman–Crippen MR) is 48.0 cm³/mol. The summed E-state index contributed by atoms with van der Waals surface area (Å²) < 4.78 is 16.7. The molecule has 0 fully saturated rings. The van der Waals surface area contributed by atoms with Gasteiger partial charge in [0, 0.05) is 0 Å². The van der Waals surface area contributed by atoms with Crippen LogP contribution in [0.5, 0.6) is 5.75 Å². The molecule has 0 saturated carbocycles. The van der Waals surface area contributed by atoms with Crippen molar-refractivity contribution >= 4 is 6.08 Å². The molecule has 0 amide bonds. The second kappa shape index (κ2) is 4.54. The molecule has 0 aliphatic heterocycles. The first-order valence-electron chi connectivity index (χ1n) is 3.78. The average molecular weight is 166 g/mol. The molecule has 0 aliphatic rings. The maximum atomic E-state index is 11.7. The van der Waals surface area contributed by atoms with Crippen LogP contribution in [0.15, 0.2) is 30.8 Å². The minimum absolute atomic E-state index is 0.118. The molecule has 12 heavy (non-hydrogen) atoms. The third-order valence-electron chi connectivity index (χ3n) is 1.46. The Morgan fingerprint density at radius 2 is 2.00 bits per heavy atom. The highest BCUT2D eigenvalue weighted by atomic mass is 19.1. The van der Waals surface area contributed by atoms with E-state index in [4.69, 9.17) is 4.74 Å². The van der Waals surface area contributed by atoms with Crippen LogP contribution < -0.4 is 4.74 Å². The van der Waals surface area contributed by atoms with Gasteiger partial charge in [0.05, 0.1) is 0 Å². The quantitative estimate of drug-likeness (QED) is 0.668. The minimum Gasteiger partial charge on any atom is -0.491 e. The molecule has 0 saturated heterocycles. The maximum Gasteiger partial charge on any atom is 0.123 e. The van der Waals surface area contributed by atoms with E-state index in [1.54, 1.807) is 18.2 Å². The molecule has 0 N–H and O–H groups in total. The van der Waals surface area contributed by atoms with E-state index in [9.17, 15) is 4.39 Å². The monoisotopic (exact) mass is 166 g/mol. The summed E-state index contributed by atoms with van der Waals surface area (Å²) in [6.07, 6.45) is 1.75. The Morgan fingerprint density at radius 3 is 2.50 bits per heavy atom. The molecule has 0 radical (unpaired) electrons. The number of benzene rings is 1. The molecule has 1 rings (SSSR count). The average Bonchev–Trinajstić information content (AvgIpc) is 2.15. The lowest BCUT2D eigenvalue weighted by atomic mass is 10.2. The van der Waals surface area contributed by atoms with E-state index in [1.807, 2.05) is 12.1 Å². The summed E-state index contributed by atoms with van der Waals surface area (Å²) in [5, 5.41) is 0. The third kappa shape index (κ3) is 2.38. The van der Waals surface area contributed by atoms with E-state index >= 15 is 0 Å². The molecule has 1 aromatic carbocycles. The zero-order valence-corrected chi connectivity index (χ0v) is 6.79. The van der Waals surface area contributed by atoms with Crippen LogP contribution in [0.25, 0.3) is 6.08 Å². The third-order valence-corrected chi connectivity index (χ3v) is 1.46. The van der Waals surface area contributed by atoms with Crippen LogP contribution in [-0.2, 0) is 0 Å². The van der Waals surface area contributed by atoms with Gasteiger partial charge >= 0.3 is 0 Å². The van der Waals surface area contributed by atoms with Crippen molar-refractivity contribution in [1.29, 1.82) is 0 Å². The fourth-order valence-corrected chi connectivity index (χ4v) is 0.857. The molecule has 0 spiro atoms. The highest BCUT2D eigenvalue weighted by molar-refractivity contribution is 5.48. The van der Waals surface area contributed by atoms with E-state index in [0.717, 1.165) is 5.56 Å². The van der Waals surface area contributed by atoms with Crippen molar-refractivity contribution in [3.05, 3.63) is 36.4 Å². The summed E-state index contributed by atoms with van der Waals surface area (Å²) in [5.74, 6) is 0.693. The lowest BCUT2D eigenvalue weighted by Crippen LogP contribution is -1.97. The largest absolute Gasteiger partial charge is 0.491 e. The molecule has 64 valence electrons. The molecule has 0 heterocycles.